The van der Waals surface area contributed by atoms with Crippen LogP contribution in [-0.4, -0.2) is 11.6 Å². The first kappa shape index (κ1) is 31.1. The van der Waals surface area contributed by atoms with Gasteiger partial charge in [-0.2, -0.15) is 0 Å². The van der Waals surface area contributed by atoms with Gasteiger partial charge in [0.05, 0.1) is 5.02 Å². The molecule has 0 saturated carbocycles. The van der Waals surface area contributed by atoms with Crippen molar-refractivity contribution >= 4 is 15.2 Å². The first-order valence-electron chi connectivity index (χ1n) is 4.50. The minimum absolute atomic E-state index is 0. The van der Waals surface area contributed by atoms with Crippen molar-refractivity contribution in [2.45, 2.75) is 30.7 Å². The van der Waals surface area contributed by atoms with Crippen LogP contribution in [0, 0.1) is 0 Å². The monoisotopic (exact) mass is 347 g/mol. The van der Waals surface area contributed by atoms with Crippen LogP contribution < -0.4 is 143 Å². The molecule has 7 nitrogen and oxygen atoms in total. The molecule has 0 bridgehead atoms. The minimum Gasteiger partial charge on any atom is -0.809 e. The van der Waals surface area contributed by atoms with Crippen molar-refractivity contribution in [2.75, 3.05) is 6.54 Å². The molecule has 19 heavy (non-hydrogen) atoms. The molecule has 1 aliphatic heterocycles. The summed E-state index contributed by atoms with van der Waals surface area (Å²) in [4.78, 5) is 43.8. The number of hydrogen-bond acceptors (Lipinski definition) is 7. The molecule has 0 atom stereocenters. The van der Waals surface area contributed by atoms with Crippen LogP contribution in [0.4, 0.5) is 0 Å². The van der Waals surface area contributed by atoms with E-state index < -0.39 is 26.6 Å². The summed E-state index contributed by atoms with van der Waals surface area (Å²) < 4.78 is 21.9. The molecule has 0 unspecified atom stereocenters. The Morgan fingerprint density at radius 2 is 1.21 bits per heavy atom. The third-order valence-corrected chi connectivity index (χ3v) is 6.56. The van der Waals surface area contributed by atoms with Gasteiger partial charge in [-0.1, -0.05) is 12.8 Å². The van der Waals surface area contributed by atoms with Crippen molar-refractivity contribution in [3.63, 3.8) is 0 Å². The normalized spacial score (nSPS) is 18.5. The molecule has 0 aromatic heterocycles. The summed E-state index contributed by atoms with van der Waals surface area (Å²) >= 11 is 0. The zero-order chi connectivity index (χ0) is 11.7. The average Bonchev–Trinajstić information content (AvgIpc) is 2.25. The Labute approximate surface area is 201 Å². The molecule has 0 aliphatic carbocycles. The van der Waals surface area contributed by atoms with Crippen molar-refractivity contribution in [3.05, 3.63) is 0 Å². The van der Waals surface area contributed by atoms with E-state index in [1.54, 1.807) is 0 Å². The van der Waals surface area contributed by atoms with Gasteiger partial charge in [0.1, 0.15) is 0 Å². The van der Waals surface area contributed by atoms with Gasteiger partial charge < -0.3 is 34.0 Å². The summed E-state index contributed by atoms with van der Waals surface area (Å²) in [6.07, 6.45) is 0.911. The van der Waals surface area contributed by atoms with E-state index in [4.69, 9.17) is 0 Å². The Kier molecular flexibility index (Phi) is 20.6. The Balaban J connectivity index is -0.000000281. The van der Waals surface area contributed by atoms with Crippen molar-refractivity contribution < 1.29 is 147 Å². The molecule has 0 aromatic rings. The molecule has 13 heteroatoms. The van der Waals surface area contributed by atoms with Crippen LogP contribution in [-0.2, 0) is 9.13 Å². The second-order valence-corrected chi connectivity index (χ2v) is 7.42. The van der Waals surface area contributed by atoms with Gasteiger partial charge in [-0.05, 0) is 34.6 Å². The van der Waals surface area contributed by atoms with Crippen LogP contribution in [0.25, 0.3) is 0 Å². The molecule has 1 heterocycles. The topological polar surface area (TPSA) is 138 Å². The Bertz CT molecular complexity index is 302. The maximum atomic E-state index is 10.9. The van der Waals surface area contributed by atoms with Gasteiger partial charge >= 0.3 is 118 Å². The van der Waals surface area contributed by atoms with E-state index in [9.17, 15) is 28.7 Å². The van der Waals surface area contributed by atoms with E-state index in [-0.39, 0.29) is 131 Å². The number of hydrogen-bond donors (Lipinski definition) is 1. The number of nitrogens with one attached hydrogen (secondary N) is 1. The first-order chi connectivity index (χ1) is 6.71. The van der Waals surface area contributed by atoms with Gasteiger partial charge in [0.25, 0.3) is 0 Å². The van der Waals surface area contributed by atoms with Crippen LogP contribution in [0.15, 0.2) is 0 Å². The summed E-state index contributed by atoms with van der Waals surface area (Å²) in [6, 6.07) is 0. The predicted octanol–water partition coefficient (Wildman–Crippen LogP) is -14.4. The van der Waals surface area contributed by atoms with E-state index >= 15 is 0 Å². The third-order valence-electron chi connectivity index (χ3n) is 2.52. The van der Waals surface area contributed by atoms with Gasteiger partial charge in [0, 0.05) is 0 Å². The van der Waals surface area contributed by atoms with Gasteiger partial charge in [0.2, 0.25) is 0 Å². The van der Waals surface area contributed by atoms with E-state index in [0.717, 1.165) is 0 Å². The summed E-state index contributed by atoms with van der Waals surface area (Å²) in [5, 5.41) is -0.724. The van der Waals surface area contributed by atoms with E-state index in [1.807, 2.05) is 0 Å². The molecule has 0 radical (unpaired) electrons. The fourth-order valence-corrected chi connectivity index (χ4v) is 4.34. The van der Waals surface area contributed by atoms with Crippen molar-refractivity contribution in [3.8, 4) is 0 Å². The molecule has 90 valence electrons. The van der Waals surface area contributed by atoms with Crippen molar-refractivity contribution in [2.24, 2.45) is 0 Å². The van der Waals surface area contributed by atoms with E-state index in [0.29, 0.717) is 12.8 Å². The summed E-state index contributed by atoms with van der Waals surface area (Å²) in [5.74, 6) is 0. The SMILES string of the molecule is O=P([O-])([O-])C1(P(=O)([O-])[O-])CCCCCN1.[Na+].[Na+].[Na+].[Na+]. The first-order valence-corrected chi connectivity index (χ1v) is 7.59. The van der Waals surface area contributed by atoms with E-state index in [1.165, 1.54) is 0 Å². The van der Waals surface area contributed by atoms with Gasteiger partial charge in [-0.25, -0.2) is 0 Å². The Morgan fingerprint density at radius 3 is 1.58 bits per heavy atom. The Morgan fingerprint density at radius 1 is 0.789 bits per heavy atom. The molecule has 0 aromatic carbocycles. The third kappa shape index (κ3) is 8.26. The largest absolute Gasteiger partial charge is 1.00 e. The summed E-state index contributed by atoms with van der Waals surface area (Å²) in [6.45, 7) is 0.0446. The standard InChI is InChI=1S/C6H15NO6P2.4Na/c8-14(9,10)6(15(11,12)13)4-2-1-3-5-7-6;;;;/h7H,1-5H2,(H2,8,9,10)(H2,11,12,13);;;;/q;4*+1/p-4. The fraction of sp³-hybridized carbons (Fsp3) is 1.00. The zero-order valence-corrected chi connectivity index (χ0v) is 21.7. The molecule has 1 saturated heterocycles. The van der Waals surface area contributed by atoms with Crippen LogP contribution >= 0.6 is 15.2 Å². The maximum absolute atomic E-state index is 10.9. The smallest absolute Gasteiger partial charge is 0.809 e. The van der Waals surface area contributed by atoms with Crippen molar-refractivity contribution in [1.82, 2.24) is 5.32 Å². The fourth-order valence-electron chi connectivity index (χ4n) is 1.67. The molecule has 0 amide bonds. The number of rotatable bonds is 2. The van der Waals surface area contributed by atoms with Crippen LogP contribution in [0.3, 0.4) is 0 Å². The van der Waals surface area contributed by atoms with E-state index in [2.05, 4.69) is 5.32 Å². The van der Waals surface area contributed by atoms with Gasteiger partial charge in [0.15, 0.2) is 0 Å². The molecular weight excluding hydrogens is 336 g/mol. The van der Waals surface area contributed by atoms with Gasteiger partial charge in [-0.15, -0.1) is 0 Å². The quantitative estimate of drug-likeness (QED) is 0.387. The molecule has 1 fully saturated rings. The maximum Gasteiger partial charge on any atom is 1.00 e. The second kappa shape index (κ2) is 12.6. The Hall–Kier alpha value is 4.26. The molecule has 1 aliphatic rings. The summed E-state index contributed by atoms with van der Waals surface area (Å²) in [5.41, 5.74) is 0. The average molecular weight is 347 g/mol. The molecule has 1 rings (SSSR count). The van der Waals surface area contributed by atoms with Crippen LogP contribution in [0.5, 0.6) is 0 Å². The molecule has 0 spiro atoms. The van der Waals surface area contributed by atoms with Crippen molar-refractivity contribution in [1.29, 1.82) is 0 Å². The summed E-state index contributed by atoms with van der Waals surface area (Å²) in [7, 11) is -11.0. The van der Waals surface area contributed by atoms with Crippen LogP contribution in [0.2, 0.25) is 0 Å². The minimum atomic E-state index is -5.52. The zero-order valence-electron chi connectivity index (χ0n) is 11.9. The van der Waals surface area contributed by atoms with Gasteiger partial charge in [-0.3, -0.25) is 0 Å². The van der Waals surface area contributed by atoms with Crippen LogP contribution in [0.1, 0.15) is 25.7 Å². The molecule has 1 N–H and O–H groups in total. The predicted molar refractivity (Wildman–Crippen MR) is 44.4 cm³/mol. The molecular formula is C6H11NNa4O6P2. The second-order valence-electron chi connectivity index (χ2n) is 3.55.